The first-order valence-electron chi connectivity index (χ1n) is 5.81. The first-order chi connectivity index (χ1) is 7.99. The van der Waals surface area contributed by atoms with Gasteiger partial charge in [-0.3, -0.25) is 0 Å². The van der Waals surface area contributed by atoms with Gasteiger partial charge >= 0.3 is 0 Å². The average Bonchev–Trinajstić information content (AvgIpc) is 2.22. The molecule has 4 heteroatoms. The molecule has 0 heterocycles. The molecule has 0 aliphatic rings. The van der Waals surface area contributed by atoms with E-state index in [0.29, 0.717) is 12.5 Å². The van der Waals surface area contributed by atoms with Crippen LogP contribution < -0.4 is 5.32 Å². The summed E-state index contributed by atoms with van der Waals surface area (Å²) >= 11 is 5.60. The molecule has 0 radical (unpaired) electrons. The zero-order valence-electron chi connectivity index (χ0n) is 10.2. The summed E-state index contributed by atoms with van der Waals surface area (Å²) in [6.45, 7) is 5.26. The van der Waals surface area contributed by atoms with E-state index in [1.165, 1.54) is 6.07 Å². The van der Waals surface area contributed by atoms with Crippen molar-refractivity contribution in [3.8, 4) is 0 Å². The standard InChI is InChI=1S/C13H19ClFNO/c1-9(5-10(2)17)7-16-8-11-3-4-12(14)13(15)6-11/h3-4,6,9-10,16-17H,5,7-8H2,1-2H3. The minimum absolute atomic E-state index is 0.149. The summed E-state index contributed by atoms with van der Waals surface area (Å²) in [5.74, 6) is 0.00939. The summed E-state index contributed by atoms with van der Waals surface area (Å²) < 4.78 is 13.1. The number of hydrogen-bond acceptors (Lipinski definition) is 2. The fourth-order valence-corrected chi connectivity index (χ4v) is 1.90. The molecule has 17 heavy (non-hydrogen) atoms. The second-order valence-electron chi connectivity index (χ2n) is 4.57. The zero-order chi connectivity index (χ0) is 12.8. The van der Waals surface area contributed by atoms with E-state index in [9.17, 15) is 9.50 Å². The molecule has 2 atom stereocenters. The van der Waals surface area contributed by atoms with Crippen LogP contribution in [0.25, 0.3) is 0 Å². The minimum Gasteiger partial charge on any atom is -0.393 e. The Morgan fingerprint density at radius 1 is 1.41 bits per heavy atom. The van der Waals surface area contributed by atoms with Gasteiger partial charge in [-0.2, -0.15) is 0 Å². The summed E-state index contributed by atoms with van der Waals surface area (Å²) in [7, 11) is 0. The summed E-state index contributed by atoms with van der Waals surface area (Å²) in [5, 5.41) is 12.6. The number of aliphatic hydroxyl groups excluding tert-OH is 1. The first-order valence-corrected chi connectivity index (χ1v) is 6.19. The second-order valence-corrected chi connectivity index (χ2v) is 4.98. The Bertz CT molecular complexity index is 357. The molecule has 0 aliphatic heterocycles. The fourth-order valence-electron chi connectivity index (χ4n) is 1.78. The molecule has 0 aliphatic carbocycles. The van der Waals surface area contributed by atoms with Crippen molar-refractivity contribution in [2.45, 2.75) is 32.9 Å². The lowest BCUT2D eigenvalue weighted by molar-refractivity contribution is 0.163. The van der Waals surface area contributed by atoms with Crippen LogP contribution in [0.5, 0.6) is 0 Å². The van der Waals surface area contributed by atoms with E-state index >= 15 is 0 Å². The Labute approximate surface area is 107 Å². The molecule has 0 saturated carbocycles. The topological polar surface area (TPSA) is 32.3 Å². The molecule has 1 aromatic carbocycles. The first kappa shape index (κ1) is 14.4. The van der Waals surface area contributed by atoms with Crippen molar-refractivity contribution >= 4 is 11.6 Å². The van der Waals surface area contributed by atoms with E-state index in [2.05, 4.69) is 12.2 Å². The molecule has 0 spiro atoms. The molecular weight excluding hydrogens is 241 g/mol. The highest BCUT2D eigenvalue weighted by Gasteiger charge is 2.06. The summed E-state index contributed by atoms with van der Waals surface area (Å²) in [4.78, 5) is 0. The number of aliphatic hydroxyl groups is 1. The van der Waals surface area contributed by atoms with Crippen molar-refractivity contribution in [3.05, 3.63) is 34.6 Å². The molecule has 1 rings (SSSR count). The SMILES string of the molecule is CC(O)CC(C)CNCc1ccc(Cl)c(F)c1. The van der Waals surface area contributed by atoms with Crippen LogP contribution in [0.3, 0.4) is 0 Å². The molecule has 0 saturated heterocycles. The van der Waals surface area contributed by atoms with Crippen LogP contribution in [0.1, 0.15) is 25.8 Å². The lowest BCUT2D eigenvalue weighted by Gasteiger charge is -2.14. The van der Waals surface area contributed by atoms with Crippen molar-refractivity contribution in [2.24, 2.45) is 5.92 Å². The molecule has 2 unspecified atom stereocenters. The highest BCUT2D eigenvalue weighted by molar-refractivity contribution is 6.30. The van der Waals surface area contributed by atoms with Crippen molar-refractivity contribution < 1.29 is 9.50 Å². The van der Waals surface area contributed by atoms with Gasteiger partial charge in [-0.25, -0.2) is 4.39 Å². The number of nitrogens with one attached hydrogen (secondary N) is 1. The normalized spacial score (nSPS) is 14.6. The van der Waals surface area contributed by atoms with Crippen molar-refractivity contribution in [1.82, 2.24) is 5.32 Å². The molecular formula is C13H19ClFNO. The van der Waals surface area contributed by atoms with E-state index in [1.54, 1.807) is 19.1 Å². The molecule has 0 fully saturated rings. The van der Waals surface area contributed by atoms with E-state index in [1.807, 2.05) is 0 Å². The smallest absolute Gasteiger partial charge is 0.142 e. The van der Waals surface area contributed by atoms with Crippen LogP contribution in [0.4, 0.5) is 4.39 Å². The number of rotatable bonds is 6. The summed E-state index contributed by atoms with van der Waals surface area (Å²) in [5.41, 5.74) is 0.871. The summed E-state index contributed by atoms with van der Waals surface area (Å²) in [6, 6.07) is 4.81. The van der Waals surface area contributed by atoms with E-state index in [0.717, 1.165) is 18.5 Å². The van der Waals surface area contributed by atoms with Crippen LogP contribution in [-0.4, -0.2) is 17.8 Å². The quantitative estimate of drug-likeness (QED) is 0.823. The Kier molecular flexibility index (Phi) is 5.89. The maximum atomic E-state index is 13.1. The van der Waals surface area contributed by atoms with Gasteiger partial charge in [-0.1, -0.05) is 24.6 Å². The third kappa shape index (κ3) is 5.48. The maximum absolute atomic E-state index is 13.1. The highest BCUT2D eigenvalue weighted by atomic mass is 35.5. The minimum atomic E-state index is -0.386. The van der Waals surface area contributed by atoms with Crippen LogP contribution in [0.15, 0.2) is 18.2 Å². The Morgan fingerprint density at radius 3 is 2.71 bits per heavy atom. The Balaban J connectivity index is 2.33. The van der Waals surface area contributed by atoms with E-state index in [-0.39, 0.29) is 16.9 Å². The predicted molar refractivity (Wildman–Crippen MR) is 68.6 cm³/mol. The van der Waals surface area contributed by atoms with Crippen molar-refractivity contribution in [3.63, 3.8) is 0 Å². The molecule has 0 aromatic heterocycles. The van der Waals surface area contributed by atoms with E-state index < -0.39 is 0 Å². The van der Waals surface area contributed by atoms with Gasteiger partial charge in [0.15, 0.2) is 0 Å². The third-order valence-corrected chi connectivity index (χ3v) is 2.86. The predicted octanol–water partition coefficient (Wildman–Crippen LogP) is 2.98. The lowest BCUT2D eigenvalue weighted by atomic mass is 10.0. The molecule has 2 nitrogen and oxygen atoms in total. The third-order valence-electron chi connectivity index (χ3n) is 2.55. The lowest BCUT2D eigenvalue weighted by Crippen LogP contribution is -2.23. The maximum Gasteiger partial charge on any atom is 0.142 e. The van der Waals surface area contributed by atoms with Gasteiger partial charge in [0.05, 0.1) is 11.1 Å². The van der Waals surface area contributed by atoms with Gasteiger partial charge in [0, 0.05) is 6.54 Å². The monoisotopic (exact) mass is 259 g/mol. The van der Waals surface area contributed by atoms with Crippen molar-refractivity contribution in [1.29, 1.82) is 0 Å². The molecule has 0 amide bonds. The van der Waals surface area contributed by atoms with Crippen LogP contribution in [-0.2, 0) is 6.54 Å². The number of hydrogen-bond donors (Lipinski definition) is 2. The largest absolute Gasteiger partial charge is 0.393 e. The number of halogens is 2. The highest BCUT2D eigenvalue weighted by Crippen LogP contribution is 2.15. The van der Waals surface area contributed by atoms with Gasteiger partial charge in [0.1, 0.15) is 5.82 Å². The molecule has 2 N–H and O–H groups in total. The van der Waals surface area contributed by atoms with Gasteiger partial charge in [0.25, 0.3) is 0 Å². The zero-order valence-corrected chi connectivity index (χ0v) is 11.0. The number of benzene rings is 1. The van der Waals surface area contributed by atoms with Gasteiger partial charge in [-0.05, 0) is 43.5 Å². The summed E-state index contributed by atoms with van der Waals surface area (Å²) in [6.07, 6.45) is 0.488. The average molecular weight is 260 g/mol. The van der Waals surface area contributed by atoms with Crippen LogP contribution in [0.2, 0.25) is 5.02 Å². The second kappa shape index (κ2) is 6.94. The van der Waals surface area contributed by atoms with E-state index in [4.69, 9.17) is 11.6 Å². The molecule has 96 valence electrons. The van der Waals surface area contributed by atoms with Gasteiger partial charge in [0.2, 0.25) is 0 Å². The van der Waals surface area contributed by atoms with Gasteiger partial charge in [-0.15, -0.1) is 0 Å². The Morgan fingerprint density at radius 2 is 2.12 bits per heavy atom. The van der Waals surface area contributed by atoms with Crippen LogP contribution >= 0.6 is 11.6 Å². The van der Waals surface area contributed by atoms with Gasteiger partial charge < -0.3 is 10.4 Å². The fraction of sp³-hybridized carbons (Fsp3) is 0.538. The van der Waals surface area contributed by atoms with Crippen LogP contribution in [0, 0.1) is 11.7 Å². The Hall–Kier alpha value is -0.640. The molecule has 1 aromatic rings. The molecule has 0 bridgehead atoms. The van der Waals surface area contributed by atoms with Crippen molar-refractivity contribution in [2.75, 3.05) is 6.54 Å².